The van der Waals surface area contributed by atoms with Crippen LogP contribution in [0.2, 0.25) is 0 Å². The molecule has 2 rings (SSSR count). The molecular weight excluding hydrogens is 441 g/mol. The fraction of sp³-hybridized carbons (Fsp3) is 0.421. The molecule has 0 atom stereocenters. The van der Waals surface area contributed by atoms with Crippen molar-refractivity contribution in [2.75, 3.05) is 13.2 Å². The van der Waals surface area contributed by atoms with Crippen molar-refractivity contribution in [1.29, 1.82) is 0 Å². The Hall–Kier alpha value is -1.90. The average Bonchev–Trinajstić information content (AvgIpc) is 2.66. The van der Waals surface area contributed by atoms with E-state index in [1.165, 1.54) is 0 Å². The maximum Gasteiger partial charge on any atom is 0.218 e. The van der Waals surface area contributed by atoms with E-state index in [1.807, 2.05) is 37.3 Å². The van der Waals surface area contributed by atoms with Crippen LogP contribution in [-0.2, 0) is 13.1 Å². The average molecular weight is 469 g/mol. The molecule has 0 amide bonds. The lowest BCUT2D eigenvalue weighted by Gasteiger charge is -2.12. The highest BCUT2D eigenvalue weighted by atomic mass is 127. The summed E-state index contributed by atoms with van der Waals surface area (Å²) in [6.07, 6.45) is 5.66. The van der Waals surface area contributed by atoms with Gasteiger partial charge >= 0.3 is 0 Å². The zero-order chi connectivity index (χ0) is 17.7. The molecule has 2 heterocycles. The molecule has 0 aliphatic carbocycles. The van der Waals surface area contributed by atoms with Crippen LogP contribution < -0.4 is 15.4 Å². The molecule has 2 N–H and O–H groups in total. The molecule has 2 aromatic rings. The number of hydrogen-bond donors (Lipinski definition) is 2. The van der Waals surface area contributed by atoms with Gasteiger partial charge in [0.2, 0.25) is 5.88 Å². The molecule has 142 valence electrons. The number of nitrogens with zero attached hydrogens (tertiary/aromatic N) is 3. The van der Waals surface area contributed by atoms with Crippen molar-refractivity contribution in [2.45, 2.75) is 39.8 Å². The second-order valence-corrected chi connectivity index (χ2v) is 5.54. The largest absolute Gasteiger partial charge is 0.477 e. The number of unbranched alkanes of at least 4 members (excludes halogenated alkanes) is 1. The van der Waals surface area contributed by atoms with Crippen LogP contribution in [0.3, 0.4) is 0 Å². The molecule has 0 aromatic carbocycles. The molecule has 6 nitrogen and oxygen atoms in total. The highest BCUT2D eigenvalue weighted by Crippen LogP contribution is 2.15. The van der Waals surface area contributed by atoms with Crippen molar-refractivity contribution in [3.8, 4) is 5.88 Å². The van der Waals surface area contributed by atoms with Crippen LogP contribution in [0.5, 0.6) is 5.88 Å². The Morgan fingerprint density at radius 1 is 1.08 bits per heavy atom. The van der Waals surface area contributed by atoms with E-state index in [0.29, 0.717) is 25.6 Å². The highest BCUT2D eigenvalue weighted by Gasteiger charge is 2.05. The Bertz CT molecular complexity index is 651. The first-order valence-electron chi connectivity index (χ1n) is 8.82. The second kappa shape index (κ2) is 13.3. The van der Waals surface area contributed by atoms with E-state index in [0.717, 1.165) is 36.6 Å². The van der Waals surface area contributed by atoms with Gasteiger partial charge in [-0.1, -0.05) is 25.5 Å². The van der Waals surface area contributed by atoms with Gasteiger partial charge in [-0.3, -0.25) is 4.98 Å². The van der Waals surface area contributed by atoms with Crippen LogP contribution in [0.25, 0.3) is 0 Å². The summed E-state index contributed by atoms with van der Waals surface area (Å²) in [5.41, 5.74) is 1.95. The summed E-state index contributed by atoms with van der Waals surface area (Å²) in [4.78, 5) is 13.3. The van der Waals surface area contributed by atoms with Gasteiger partial charge in [0.1, 0.15) is 0 Å². The van der Waals surface area contributed by atoms with Crippen LogP contribution in [0.4, 0.5) is 0 Å². The minimum Gasteiger partial charge on any atom is -0.477 e. The van der Waals surface area contributed by atoms with Crippen molar-refractivity contribution in [1.82, 2.24) is 20.6 Å². The van der Waals surface area contributed by atoms with Gasteiger partial charge < -0.3 is 15.4 Å². The Labute approximate surface area is 172 Å². The summed E-state index contributed by atoms with van der Waals surface area (Å²) in [5.74, 6) is 1.41. The second-order valence-electron chi connectivity index (χ2n) is 5.54. The molecule has 0 spiro atoms. The third kappa shape index (κ3) is 7.99. The fourth-order valence-electron chi connectivity index (χ4n) is 2.17. The quantitative estimate of drug-likeness (QED) is 0.255. The molecule has 0 saturated carbocycles. The van der Waals surface area contributed by atoms with E-state index in [-0.39, 0.29) is 24.0 Å². The molecular formula is C19H28IN5O. The van der Waals surface area contributed by atoms with Crippen molar-refractivity contribution < 1.29 is 4.74 Å². The number of guanidine groups is 1. The van der Waals surface area contributed by atoms with Crippen molar-refractivity contribution >= 4 is 29.9 Å². The first-order valence-corrected chi connectivity index (χ1v) is 8.82. The van der Waals surface area contributed by atoms with Gasteiger partial charge in [0.15, 0.2) is 5.96 Å². The van der Waals surface area contributed by atoms with Gasteiger partial charge in [0.05, 0.1) is 25.4 Å². The molecule has 0 unspecified atom stereocenters. The minimum absolute atomic E-state index is 0. The number of pyridine rings is 2. The molecule has 2 aromatic heterocycles. The first-order chi connectivity index (χ1) is 12.3. The van der Waals surface area contributed by atoms with Gasteiger partial charge in [-0.15, -0.1) is 24.0 Å². The van der Waals surface area contributed by atoms with Gasteiger partial charge in [-0.25, -0.2) is 9.98 Å². The topological polar surface area (TPSA) is 71.4 Å². The number of nitrogens with one attached hydrogen (secondary N) is 2. The Morgan fingerprint density at radius 3 is 2.65 bits per heavy atom. The Balaban J connectivity index is 0.00000338. The van der Waals surface area contributed by atoms with E-state index in [1.54, 1.807) is 12.4 Å². The third-order valence-electron chi connectivity index (χ3n) is 3.50. The van der Waals surface area contributed by atoms with E-state index in [9.17, 15) is 0 Å². The standard InChI is InChI=1S/C19H27N5O.HI/c1-3-5-13-25-18-16(9-8-12-22-18)14-23-19(20-4-2)24-15-17-10-6-7-11-21-17;/h6-12H,3-5,13-15H2,1-2H3,(H2,20,23,24);1H. The first kappa shape index (κ1) is 22.1. The molecule has 0 radical (unpaired) electrons. The van der Waals surface area contributed by atoms with Crippen LogP contribution in [0, 0.1) is 0 Å². The number of ether oxygens (including phenoxy) is 1. The fourth-order valence-corrected chi connectivity index (χ4v) is 2.17. The van der Waals surface area contributed by atoms with Crippen LogP contribution in [0.15, 0.2) is 47.7 Å². The van der Waals surface area contributed by atoms with Gasteiger partial charge in [0.25, 0.3) is 0 Å². The monoisotopic (exact) mass is 469 g/mol. The predicted molar refractivity (Wildman–Crippen MR) is 116 cm³/mol. The lowest BCUT2D eigenvalue weighted by molar-refractivity contribution is 0.294. The molecule has 0 fully saturated rings. The number of halogens is 1. The Morgan fingerprint density at radius 2 is 1.92 bits per heavy atom. The van der Waals surface area contributed by atoms with Crippen molar-refractivity contribution in [2.24, 2.45) is 4.99 Å². The summed E-state index contributed by atoms with van der Waals surface area (Å²) < 4.78 is 5.77. The Kier molecular flexibility index (Phi) is 11.3. The van der Waals surface area contributed by atoms with E-state index in [2.05, 4.69) is 32.5 Å². The molecule has 7 heteroatoms. The summed E-state index contributed by atoms with van der Waals surface area (Å²) in [6, 6.07) is 9.78. The van der Waals surface area contributed by atoms with Gasteiger partial charge in [-0.2, -0.15) is 0 Å². The third-order valence-corrected chi connectivity index (χ3v) is 3.50. The molecule has 0 aliphatic rings. The number of hydrogen-bond acceptors (Lipinski definition) is 4. The summed E-state index contributed by atoms with van der Waals surface area (Å²) in [5, 5.41) is 6.54. The van der Waals surface area contributed by atoms with Crippen LogP contribution in [-0.4, -0.2) is 29.1 Å². The smallest absolute Gasteiger partial charge is 0.218 e. The highest BCUT2D eigenvalue weighted by molar-refractivity contribution is 14.0. The SMILES string of the molecule is CCCCOc1ncccc1CN=C(NCC)NCc1ccccn1.I. The normalized spacial score (nSPS) is 10.8. The maximum absolute atomic E-state index is 5.77. The number of rotatable bonds is 9. The van der Waals surface area contributed by atoms with Gasteiger partial charge in [-0.05, 0) is 31.5 Å². The molecule has 0 aliphatic heterocycles. The summed E-state index contributed by atoms with van der Waals surface area (Å²) in [7, 11) is 0. The predicted octanol–water partition coefficient (Wildman–Crippen LogP) is 3.53. The summed E-state index contributed by atoms with van der Waals surface area (Å²) >= 11 is 0. The molecule has 0 bridgehead atoms. The minimum atomic E-state index is 0. The van der Waals surface area contributed by atoms with Crippen LogP contribution in [0.1, 0.15) is 37.9 Å². The van der Waals surface area contributed by atoms with Crippen molar-refractivity contribution in [3.05, 3.63) is 54.0 Å². The van der Waals surface area contributed by atoms with Gasteiger partial charge in [0, 0.05) is 24.5 Å². The van der Waals surface area contributed by atoms with Crippen LogP contribution >= 0.6 is 24.0 Å². The lowest BCUT2D eigenvalue weighted by Crippen LogP contribution is -2.37. The van der Waals surface area contributed by atoms with E-state index >= 15 is 0 Å². The molecule has 26 heavy (non-hydrogen) atoms. The lowest BCUT2D eigenvalue weighted by atomic mass is 10.2. The number of aliphatic imine (C=N–C) groups is 1. The summed E-state index contributed by atoms with van der Waals surface area (Å²) in [6.45, 7) is 6.79. The van der Waals surface area contributed by atoms with Crippen molar-refractivity contribution in [3.63, 3.8) is 0 Å². The zero-order valence-corrected chi connectivity index (χ0v) is 17.8. The maximum atomic E-state index is 5.77. The zero-order valence-electron chi connectivity index (χ0n) is 15.4. The van der Waals surface area contributed by atoms with E-state index in [4.69, 9.17) is 4.74 Å². The number of aromatic nitrogens is 2. The van der Waals surface area contributed by atoms with E-state index < -0.39 is 0 Å². The molecule has 0 saturated heterocycles.